The van der Waals surface area contributed by atoms with Crippen molar-refractivity contribution in [3.05, 3.63) is 83.0 Å². The van der Waals surface area contributed by atoms with Crippen molar-refractivity contribution in [1.29, 1.82) is 5.26 Å². The number of nitriles is 1. The molecule has 6 nitrogen and oxygen atoms in total. The van der Waals surface area contributed by atoms with E-state index in [0.717, 1.165) is 5.56 Å². The molecule has 2 aromatic heterocycles. The van der Waals surface area contributed by atoms with Crippen LogP contribution < -0.4 is 0 Å². The molecular formula is C23H18N4O2. The van der Waals surface area contributed by atoms with Crippen molar-refractivity contribution in [1.82, 2.24) is 14.8 Å². The number of ether oxygens (including phenoxy) is 1. The number of rotatable bonds is 4. The first-order valence-corrected chi connectivity index (χ1v) is 9.13. The Morgan fingerprint density at radius 1 is 1.14 bits per heavy atom. The molecule has 0 amide bonds. The van der Waals surface area contributed by atoms with E-state index in [2.05, 4.69) is 11.2 Å². The maximum absolute atomic E-state index is 13.0. The second kappa shape index (κ2) is 7.56. The Balaban J connectivity index is 1.75. The van der Waals surface area contributed by atoms with E-state index in [9.17, 15) is 10.1 Å². The van der Waals surface area contributed by atoms with Crippen LogP contribution in [0.3, 0.4) is 0 Å². The first-order chi connectivity index (χ1) is 14.1. The lowest BCUT2D eigenvalue weighted by Crippen LogP contribution is -2.08. The Labute approximate surface area is 168 Å². The monoisotopic (exact) mass is 382 g/mol. The van der Waals surface area contributed by atoms with Crippen LogP contribution in [0.2, 0.25) is 0 Å². The molecule has 0 aliphatic carbocycles. The van der Waals surface area contributed by atoms with Crippen LogP contribution in [0.4, 0.5) is 0 Å². The summed E-state index contributed by atoms with van der Waals surface area (Å²) in [4.78, 5) is 17.7. The standard InChI is InChI=1S/C23H18N4O2/c1-15-21-19(23(28)29-14-18-11-7-6-10-17(18)13-24)12-20(16-8-4-3-5-9-16)25-22(21)27(2)26-15/h3-12H,14H2,1-2H3. The van der Waals surface area contributed by atoms with Gasteiger partial charge in [0.2, 0.25) is 0 Å². The molecule has 0 atom stereocenters. The molecule has 4 rings (SSSR count). The van der Waals surface area contributed by atoms with Gasteiger partial charge in [-0.1, -0.05) is 48.5 Å². The summed E-state index contributed by atoms with van der Waals surface area (Å²) in [5.74, 6) is -0.474. The summed E-state index contributed by atoms with van der Waals surface area (Å²) in [7, 11) is 1.80. The summed E-state index contributed by atoms with van der Waals surface area (Å²) >= 11 is 0. The van der Waals surface area contributed by atoms with E-state index in [1.807, 2.05) is 43.3 Å². The number of aromatic nitrogens is 3. The van der Waals surface area contributed by atoms with Gasteiger partial charge in [0.05, 0.1) is 34.0 Å². The number of pyridine rings is 1. The molecule has 0 radical (unpaired) electrons. The number of esters is 1. The molecule has 0 spiro atoms. The summed E-state index contributed by atoms with van der Waals surface area (Å²) < 4.78 is 7.23. The van der Waals surface area contributed by atoms with Crippen LogP contribution in [0.25, 0.3) is 22.3 Å². The van der Waals surface area contributed by atoms with E-state index in [1.165, 1.54) is 0 Å². The van der Waals surface area contributed by atoms with Gasteiger partial charge in [0, 0.05) is 18.2 Å². The first kappa shape index (κ1) is 18.4. The molecule has 0 aliphatic heterocycles. The molecule has 29 heavy (non-hydrogen) atoms. The van der Waals surface area contributed by atoms with E-state index in [1.54, 1.807) is 36.0 Å². The van der Waals surface area contributed by atoms with Crippen molar-refractivity contribution in [2.24, 2.45) is 7.05 Å². The SMILES string of the molecule is Cc1nn(C)c2nc(-c3ccccc3)cc(C(=O)OCc3ccccc3C#N)c12. The number of hydrogen-bond acceptors (Lipinski definition) is 5. The van der Waals surface area contributed by atoms with E-state index < -0.39 is 5.97 Å². The minimum atomic E-state index is -0.474. The van der Waals surface area contributed by atoms with Gasteiger partial charge in [-0.15, -0.1) is 0 Å². The molecular weight excluding hydrogens is 364 g/mol. The molecule has 0 N–H and O–H groups in total. The summed E-state index contributed by atoms with van der Waals surface area (Å²) in [6.07, 6.45) is 0. The molecule has 6 heteroatoms. The quantitative estimate of drug-likeness (QED) is 0.495. The number of aryl methyl sites for hydroxylation is 2. The highest BCUT2D eigenvalue weighted by atomic mass is 16.5. The lowest BCUT2D eigenvalue weighted by atomic mass is 10.1. The normalized spacial score (nSPS) is 10.7. The predicted molar refractivity (Wildman–Crippen MR) is 109 cm³/mol. The van der Waals surface area contributed by atoms with Gasteiger partial charge in [-0.25, -0.2) is 9.78 Å². The Bertz CT molecular complexity index is 1250. The summed E-state index contributed by atoms with van der Waals surface area (Å²) in [5.41, 5.74) is 4.46. The van der Waals surface area contributed by atoms with Gasteiger partial charge in [-0.05, 0) is 19.1 Å². The van der Waals surface area contributed by atoms with Crippen LogP contribution in [-0.4, -0.2) is 20.7 Å². The molecule has 0 saturated carbocycles. The van der Waals surface area contributed by atoms with E-state index in [-0.39, 0.29) is 6.61 Å². The summed E-state index contributed by atoms with van der Waals surface area (Å²) in [5, 5.41) is 14.3. The minimum absolute atomic E-state index is 0.0202. The van der Waals surface area contributed by atoms with Crippen LogP contribution in [0.15, 0.2) is 60.7 Å². The lowest BCUT2D eigenvalue weighted by molar-refractivity contribution is 0.0474. The van der Waals surface area contributed by atoms with E-state index in [4.69, 9.17) is 9.72 Å². The van der Waals surface area contributed by atoms with Gasteiger partial charge in [0.15, 0.2) is 5.65 Å². The van der Waals surface area contributed by atoms with Gasteiger partial charge < -0.3 is 4.74 Å². The molecule has 0 saturated heterocycles. The molecule has 0 unspecified atom stereocenters. The van der Waals surface area contributed by atoms with Crippen molar-refractivity contribution in [3.63, 3.8) is 0 Å². The van der Waals surface area contributed by atoms with Crippen molar-refractivity contribution >= 4 is 17.0 Å². The number of carbonyl (C=O) groups excluding carboxylic acids is 1. The average molecular weight is 382 g/mol. The molecule has 0 bridgehead atoms. The number of hydrogen-bond donors (Lipinski definition) is 0. The fourth-order valence-electron chi connectivity index (χ4n) is 3.34. The van der Waals surface area contributed by atoms with Crippen LogP contribution in [0.5, 0.6) is 0 Å². The topological polar surface area (TPSA) is 80.8 Å². The maximum Gasteiger partial charge on any atom is 0.339 e. The molecule has 142 valence electrons. The van der Waals surface area contributed by atoms with Crippen LogP contribution in [0.1, 0.15) is 27.2 Å². The Kier molecular flexibility index (Phi) is 4.80. The van der Waals surface area contributed by atoms with Gasteiger partial charge in [0.25, 0.3) is 0 Å². The molecule has 0 fully saturated rings. The summed E-state index contributed by atoms with van der Waals surface area (Å²) in [6, 6.07) is 20.6. The Morgan fingerprint density at radius 2 is 1.86 bits per heavy atom. The van der Waals surface area contributed by atoms with E-state index >= 15 is 0 Å². The third-order valence-corrected chi connectivity index (χ3v) is 4.75. The zero-order valence-electron chi connectivity index (χ0n) is 16.1. The third kappa shape index (κ3) is 3.46. The van der Waals surface area contributed by atoms with E-state index in [0.29, 0.717) is 39.1 Å². The second-order valence-electron chi connectivity index (χ2n) is 6.67. The molecule has 4 aromatic rings. The molecule has 2 aromatic carbocycles. The average Bonchev–Trinajstić information content (AvgIpc) is 3.05. The zero-order valence-corrected chi connectivity index (χ0v) is 16.1. The Hall–Kier alpha value is -3.98. The van der Waals surface area contributed by atoms with Gasteiger partial charge in [-0.2, -0.15) is 10.4 Å². The third-order valence-electron chi connectivity index (χ3n) is 4.75. The zero-order chi connectivity index (χ0) is 20.4. The van der Waals surface area contributed by atoms with Crippen molar-refractivity contribution < 1.29 is 9.53 Å². The first-order valence-electron chi connectivity index (χ1n) is 9.13. The van der Waals surface area contributed by atoms with Crippen LogP contribution in [-0.2, 0) is 18.4 Å². The number of benzene rings is 2. The van der Waals surface area contributed by atoms with Crippen molar-refractivity contribution in [2.75, 3.05) is 0 Å². The highest BCUT2D eigenvalue weighted by Crippen LogP contribution is 2.27. The maximum atomic E-state index is 13.0. The van der Waals surface area contributed by atoms with Gasteiger partial charge in [-0.3, -0.25) is 4.68 Å². The van der Waals surface area contributed by atoms with Crippen LogP contribution >= 0.6 is 0 Å². The smallest absolute Gasteiger partial charge is 0.339 e. The van der Waals surface area contributed by atoms with Crippen LogP contribution in [0, 0.1) is 18.3 Å². The number of fused-ring (bicyclic) bond motifs is 1. The highest BCUT2D eigenvalue weighted by molar-refractivity contribution is 6.05. The fourth-order valence-corrected chi connectivity index (χ4v) is 3.34. The number of carbonyl (C=O) groups is 1. The fraction of sp³-hybridized carbons (Fsp3) is 0.130. The highest BCUT2D eigenvalue weighted by Gasteiger charge is 2.20. The predicted octanol–water partition coefficient (Wildman–Crippen LogP) is 4.17. The van der Waals surface area contributed by atoms with Crippen molar-refractivity contribution in [2.45, 2.75) is 13.5 Å². The summed E-state index contributed by atoms with van der Waals surface area (Å²) in [6.45, 7) is 1.86. The Morgan fingerprint density at radius 3 is 2.62 bits per heavy atom. The minimum Gasteiger partial charge on any atom is -0.457 e. The largest absolute Gasteiger partial charge is 0.457 e. The molecule has 0 aliphatic rings. The number of nitrogens with zero attached hydrogens (tertiary/aromatic N) is 4. The molecule has 2 heterocycles. The van der Waals surface area contributed by atoms with Gasteiger partial charge in [0.1, 0.15) is 6.61 Å². The van der Waals surface area contributed by atoms with Gasteiger partial charge >= 0.3 is 5.97 Å². The second-order valence-corrected chi connectivity index (χ2v) is 6.67. The lowest BCUT2D eigenvalue weighted by Gasteiger charge is -2.10. The van der Waals surface area contributed by atoms with Crippen molar-refractivity contribution in [3.8, 4) is 17.3 Å².